The van der Waals surface area contributed by atoms with E-state index in [0.717, 1.165) is 35.2 Å². The lowest BCUT2D eigenvalue weighted by Gasteiger charge is -2.24. The molecule has 9 heteroatoms. The standard InChI is InChI=1S/C22H29N7O2/c1-5-17(6-2)28-12-16(10-25-28)21-19-7-8-23-29(19)13-18(26-21)15-9-24-27(11-15)14-20(30)22(3,4)31/h7-13,17,20,30-31H,5-6,14H2,1-4H3. The van der Waals surface area contributed by atoms with Gasteiger partial charge in [-0.25, -0.2) is 9.50 Å². The van der Waals surface area contributed by atoms with E-state index in [9.17, 15) is 10.2 Å². The van der Waals surface area contributed by atoms with Crippen molar-refractivity contribution < 1.29 is 10.2 Å². The lowest BCUT2D eigenvalue weighted by atomic mass is 10.0. The molecule has 164 valence electrons. The molecule has 4 heterocycles. The van der Waals surface area contributed by atoms with Crippen molar-refractivity contribution in [2.45, 2.75) is 64.8 Å². The third-order valence-corrected chi connectivity index (χ3v) is 5.69. The van der Waals surface area contributed by atoms with Crippen LogP contribution in [0, 0.1) is 0 Å². The molecule has 2 N–H and O–H groups in total. The monoisotopic (exact) mass is 423 g/mol. The van der Waals surface area contributed by atoms with Crippen LogP contribution < -0.4 is 0 Å². The van der Waals surface area contributed by atoms with E-state index >= 15 is 0 Å². The van der Waals surface area contributed by atoms with Gasteiger partial charge in [0, 0.05) is 23.5 Å². The molecule has 0 aliphatic rings. The van der Waals surface area contributed by atoms with Crippen molar-refractivity contribution in [1.29, 1.82) is 0 Å². The molecule has 0 aromatic carbocycles. The lowest BCUT2D eigenvalue weighted by molar-refractivity contribution is -0.0566. The highest BCUT2D eigenvalue weighted by Gasteiger charge is 2.25. The first-order valence-corrected chi connectivity index (χ1v) is 10.6. The van der Waals surface area contributed by atoms with Crippen LogP contribution in [-0.4, -0.2) is 56.1 Å². The molecular formula is C22H29N7O2. The minimum absolute atomic E-state index is 0.183. The second kappa shape index (κ2) is 8.24. The predicted octanol–water partition coefficient (Wildman–Crippen LogP) is 2.95. The van der Waals surface area contributed by atoms with E-state index in [0.29, 0.717) is 11.7 Å². The number of fused-ring (bicyclic) bond motifs is 1. The van der Waals surface area contributed by atoms with Crippen LogP contribution in [0.1, 0.15) is 46.6 Å². The molecule has 0 bridgehead atoms. The fraction of sp³-hybridized carbons (Fsp3) is 0.455. The molecular weight excluding hydrogens is 394 g/mol. The Morgan fingerprint density at radius 3 is 2.45 bits per heavy atom. The zero-order valence-corrected chi connectivity index (χ0v) is 18.3. The van der Waals surface area contributed by atoms with Crippen molar-refractivity contribution in [3.63, 3.8) is 0 Å². The molecule has 31 heavy (non-hydrogen) atoms. The highest BCUT2D eigenvalue weighted by atomic mass is 16.3. The van der Waals surface area contributed by atoms with E-state index in [2.05, 4.69) is 29.1 Å². The van der Waals surface area contributed by atoms with Crippen molar-refractivity contribution in [3.05, 3.63) is 43.2 Å². The smallest absolute Gasteiger partial charge is 0.102 e. The first-order chi connectivity index (χ1) is 14.8. The molecule has 4 aromatic heterocycles. The Balaban J connectivity index is 1.70. The predicted molar refractivity (Wildman–Crippen MR) is 117 cm³/mol. The quantitative estimate of drug-likeness (QED) is 0.451. The van der Waals surface area contributed by atoms with Crippen molar-refractivity contribution in [3.8, 4) is 22.5 Å². The summed E-state index contributed by atoms with van der Waals surface area (Å²) in [6, 6.07) is 2.29. The largest absolute Gasteiger partial charge is 0.388 e. The number of nitrogens with zero attached hydrogens (tertiary/aromatic N) is 7. The van der Waals surface area contributed by atoms with Crippen LogP contribution in [-0.2, 0) is 6.54 Å². The number of hydrogen-bond donors (Lipinski definition) is 2. The first kappa shape index (κ1) is 21.2. The molecule has 1 unspecified atom stereocenters. The first-order valence-electron chi connectivity index (χ1n) is 10.6. The van der Waals surface area contributed by atoms with Gasteiger partial charge in [-0.1, -0.05) is 13.8 Å². The summed E-state index contributed by atoms with van der Waals surface area (Å²) in [5.74, 6) is 0. The van der Waals surface area contributed by atoms with E-state index < -0.39 is 11.7 Å². The van der Waals surface area contributed by atoms with Crippen molar-refractivity contribution >= 4 is 5.52 Å². The van der Waals surface area contributed by atoms with Gasteiger partial charge >= 0.3 is 0 Å². The van der Waals surface area contributed by atoms with Crippen LogP contribution in [0.15, 0.2) is 43.2 Å². The molecule has 4 aromatic rings. The van der Waals surface area contributed by atoms with Gasteiger partial charge in [-0.3, -0.25) is 9.36 Å². The van der Waals surface area contributed by atoms with Crippen molar-refractivity contribution in [2.24, 2.45) is 0 Å². The van der Waals surface area contributed by atoms with E-state index in [-0.39, 0.29) is 6.54 Å². The second-order valence-corrected chi connectivity index (χ2v) is 8.44. The summed E-state index contributed by atoms with van der Waals surface area (Å²) in [4.78, 5) is 4.90. The third kappa shape index (κ3) is 4.24. The molecule has 0 fully saturated rings. The Hall–Kier alpha value is -3.04. The van der Waals surface area contributed by atoms with Crippen LogP contribution in [0.25, 0.3) is 28.0 Å². The van der Waals surface area contributed by atoms with Crippen LogP contribution in [0.4, 0.5) is 0 Å². The molecule has 0 aliphatic carbocycles. The Morgan fingerprint density at radius 1 is 1.00 bits per heavy atom. The molecule has 0 radical (unpaired) electrons. The molecule has 4 rings (SSSR count). The van der Waals surface area contributed by atoms with Gasteiger partial charge in [0.15, 0.2) is 0 Å². The average molecular weight is 424 g/mol. The highest BCUT2D eigenvalue weighted by molar-refractivity contribution is 5.78. The van der Waals surface area contributed by atoms with E-state index in [1.54, 1.807) is 35.4 Å². The maximum absolute atomic E-state index is 10.2. The number of aromatic nitrogens is 7. The zero-order chi connectivity index (χ0) is 22.2. The number of rotatable bonds is 8. The summed E-state index contributed by atoms with van der Waals surface area (Å²) in [7, 11) is 0. The molecule has 0 saturated carbocycles. The van der Waals surface area contributed by atoms with Gasteiger partial charge < -0.3 is 10.2 Å². The van der Waals surface area contributed by atoms with Gasteiger partial charge in [0.2, 0.25) is 0 Å². The minimum atomic E-state index is -1.21. The topological polar surface area (TPSA) is 106 Å². The average Bonchev–Trinajstić information content (AvgIpc) is 3.48. The summed E-state index contributed by atoms with van der Waals surface area (Å²) in [6.07, 6.45) is 12.1. The van der Waals surface area contributed by atoms with Gasteiger partial charge in [-0.05, 0) is 32.8 Å². The summed E-state index contributed by atoms with van der Waals surface area (Å²) >= 11 is 0. The van der Waals surface area contributed by atoms with Crippen molar-refractivity contribution in [1.82, 2.24) is 34.2 Å². The Morgan fingerprint density at radius 2 is 1.74 bits per heavy atom. The summed E-state index contributed by atoms with van der Waals surface area (Å²) in [5.41, 5.74) is 2.94. The fourth-order valence-electron chi connectivity index (χ4n) is 3.60. The maximum atomic E-state index is 10.2. The van der Waals surface area contributed by atoms with E-state index in [4.69, 9.17) is 4.98 Å². The lowest BCUT2D eigenvalue weighted by Crippen LogP contribution is -2.39. The number of aliphatic hydroxyl groups excluding tert-OH is 1. The van der Waals surface area contributed by atoms with Crippen LogP contribution in [0.3, 0.4) is 0 Å². The number of aliphatic hydroxyl groups is 2. The van der Waals surface area contributed by atoms with Gasteiger partial charge in [0.1, 0.15) is 6.10 Å². The summed E-state index contributed by atoms with van der Waals surface area (Å²) in [5, 5.41) is 33.4. The van der Waals surface area contributed by atoms with Gasteiger partial charge in [-0.2, -0.15) is 15.3 Å². The zero-order valence-electron chi connectivity index (χ0n) is 18.3. The number of hydrogen-bond acceptors (Lipinski definition) is 6. The minimum Gasteiger partial charge on any atom is -0.388 e. The Kier molecular flexibility index (Phi) is 5.63. The summed E-state index contributed by atoms with van der Waals surface area (Å²) < 4.78 is 5.42. The SMILES string of the molecule is CCC(CC)n1cc(-c2nc(-c3cnn(CC(O)C(C)(C)O)c3)cn3nccc23)cn1. The van der Waals surface area contributed by atoms with Gasteiger partial charge in [0.05, 0.1) is 59.9 Å². The maximum Gasteiger partial charge on any atom is 0.102 e. The van der Waals surface area contributed by atoms with Crippen LogP contribution >= 0.6 is 0 Å². The molecule has 1 atom stereocenters. The van der Waals surface area contributed by atoms with Crippen LogP contribution in [0.5, 0.6) is 0 Å². The normalized spacial score (nSPS) is 13.4. The molecule has 0 aliphatic heterocycles. The van der Waals surface area contributed by atoms with Crippen molar-refractivity contribution in [2.75, 3.05) is 0 Å². The van der Waals surface area contributed by atoms with E-state index in [1.807, 2.05) is 35.5 Å². The van der Waals surface area contributed by atoms with Gasteiger partial charge in [-0.15, -0.1) is 0 Å². The molecule has 9 nitrogen and oxygen atoms in total. The highest BCUT2D eigenvalue weighted by Crippen LogP contribution is 2.28. The van der Waals surface area contributed by atoms with Crippen LogP contribution in [0.2, 0.25) is 0 Å². The Labute approximate surface area is 181 Å². The van der Waals surface area contributed by atoms with Gasteiger partial charge in [0.25, 0.3) is 0 Å². The Bertz CT molecular complexity index is 1160. The summed E-state index contributed by atoms with van der Waals surface area (Å²) in [6.45, 7) is 7.65. The van der Waals surface area contributed by atoms with E-state index in [1.165, 1.54) is 0 Å². The molecule has 0 amide bonds. The second-order valence-electron chi connectivity index (χ2n) is 8.44. The third-order valence-electron chi connectivity index (χ3n) is 5.69. The molecule has 0 spiro atoms. The molecule has 0 saturated heterocycles. The fourth-order valence-corrected chi connectivity index (χ4v) is 3.60.